The van der Waals surface area contributed by atoms with Crippen LogP contribution in [0.2, 0.25) is 0 Å². The summed E-state index contributed by atoms with van der Waals surface area (Å²) in [6, 6.07) is 10.0. The number of carbonyl (C=O) groups excluding carboxylic acids is 1. The first-order chi connectivity index (χ1) is 13.6. The van der Waals surface area contributed by atoms with Crippen molar-refractivity contribution in [3.8, 4) is 5.75 Å². The van der Waals surface area contributed by atoms with Crippen molar-refractivity contribution in [3.05, 3.63) is 59.4 Å². The molecule has 0 spiro atoms. The number of amides is 1. The van der Waals surface area contributed by atoms with Crippen molar-refractivity contribution < 1.29 is 22.3 Å². The van der Waals surface area contributed by atoms with Gasteiger partial charge in [0.2, 0.25) is 15.9 Å². The number of halogens is 1. The average Bonchev–Trinajstić information content (AvgIpc) is 2.66. The first-order valence-electron chi connectivity index (χ1n) is 9.36. The molecule has 8 heteroatoms. The Morgan fingerprint density at radius 1 is 1.14 bits per heavy atom. The van der Waals surface area contributed by atoms with Gasteiger partial charge in [0.1, 0.15) is 24.2 Å². The molecule has 1 amide bonds. The van der Waals surface area contributed by atoms with Crippen molar-refractivity contribution in [1.29, 1.82) is 0 Å². The number of carbonyl (C=O) groups is 1. The van der Waals surface area contributed by atoms with Crippen molar-refractivity contribution in [2.45, 2.75) is 33.2 Å². The Hall–Kier alpha value is -2.61. The Balaban J connectivity index is 2.07. The topological polar surface area (TPSA) is 75.7 Å². The van der Waals surface area contributed by atoms with E-state index in [4.69, 9.17) is 4.74 Å². The highest BCUT2D eigenvalue weighted by Gasteiger charge is 2.31. The molecule has 2 aromatic carbocycles. The van der Waals surface area contributed by atoms with Crippen LogP contribution in [0.5, 0.6) is 5.75 Å². The lowest BCUT2D eigenvalue weighted by atomic mass is 10.1. The quantitative estimate of drug-likeness (QED) is 0.630. The zero-order valence-electron chi connectivity index (χ0n) is 17.1. The molecule has 0 aliphatic carbocycles. The number of sulfonamides is 1. The molecule has 0 saturated heterocycles. The van der Waals surface area contributed by atoms with Gasteiger partial charge in [0.05, 0.1) is 18.5 Å². The standard InChI is InChI=1S/C21H27FN2O4S/c1-5-20(21(25)23-12-13-28-19-10-7-17(22)8-11-19)24(29(4,26)27)18-9-6-15(2)16(3)14-18/h6-11,14,20H,5,12-13H2,1-4H3,(H,23,25)/t20-/m1/s1. The van der Waals surface area contributed by atoms with Crippen LogP contribution in [0.3, 0.4) is 0 Å². The van der Waals surface area contributed by atoms with E-state index in [1.807, 2.05) is 19.9 Å². The Morgan fingerprint density at radius 3 is 2.34 bits per heavy atom. The third kappa shape index (κ3) is 6.19. The van der Waals surface area contributed by atoms with Crippen LogP contribution in [-0.4, -0.2) is 39.8 Å². The van der Waals surface area contributed by atoms with E-state index < -0.39 is 22.0 Å². The number of nitrogens with zero attached hydrogens (tertiary/aromatic N) is 1. The minimum atomic E-state index is -3.68. The fourth-order valence-corrected chi connectivity index (χ4v) is 4.12. The fourth-order valence-electron chi connectivity index (χ4n) is 2.91. The normalized spacial score (nSPS) is 12.3. The zero-order chi connectivity index (χ0) is 21.6. The molecule has 0 aromatic heterocycles. The van der Waals surface area contributed by atoms with E-state index in [0.29, 0.717) is 17.9 Å². The van der Waals surface area contributed by atoms with Crippen molar-refractivity contribution in [3.63, 3.8) is 0 Å². The Kier molecular flexibility index (Phi) is 7.61. The second kappa shape index (κ2) is 9.73. The van der Waals surface area contributed by atoms with Gasteiger partial charge in [-0.2, -0.15) is 0 Å². The van der Waals surface area contributed by atoms with Crippen LogP contribution >= 0.6 is 0 Å². The maximum absolute atomic E-state index is 12.9. The number of aryl methyl sites for hydroxylation is 2. The number of hydrogen-bond donors (Lipinski definition) is 1. The van der Waals surface area contributed by atoms with Gasteiger partial charge in [-0.05, 0) is 67.8 Å². The molecule has 0 aliphatic heterocycles. The molecule has 6 nitrogen and oxygen atoms in total. The Morgan fingerprint density at radius 2 is 1.79 bits per heavy atom. The summed E-state index contributed by atoms with van der Waals surface area (Å²) in [6.45, 7) is 5.97. The molecular weight excluding hydrogens is 395 g/mol. The summed E-state index contributed by atoms with van der Waals surface area (Å²) >= 11 is 0. The van der Waals surface area contributed by atoms with Gasteiger partial charge >= 0.3 is 0 Å². The highest BCUT2D eigenvalue weighted by atomic mass is 32.2. The second-order valence-electron chi connectivity index (χ2n) is 6.84. The predicted molar refractivity (Wildman–Crippen MR) is 112 cm³/mol. The van der Waals surface area contributed by atoms with E-state index in [1.54, 1.807) is 19.1 Å². The van der Waals surface area contributed by atoms with Crippen LogP contribution in [0.25, 0.3) is 0 Å². The van der Waals surface area contributed by atoms with Crippen LogP contribution in [0.1, 0.15) is 24.5 Å². The third-order valence-corrected chi connectivity index (χ3v) is 5.74. The number of hydrogen-bond acceptors (Lipinski definition) is 4. The summed E-state index contributed by atoms with van der Waals surface area (Å²) in [4.78, 5) is 12.7. The lowest BCUT2D eigenvalue weighted by Gasteiger charge is -2.30. The van der Waals surface area contributed by atoms with Gasteiger partial charge in [-0.25, -0.2) is 12.8 Å². The molecule has 1 N–H and O–H groups in total. The molecule has 0 unspecified atom stereocenters. The van der Waals surface area contributed by atoms with Gasteiger partial charge in [0, 0.05) is 0 Å². The van der Waals surface area contributed by atoms with Crippen LogP contribution in [-0.2, 0) is 14.8 Å². The van der Waals surface area contributed by atoms with Gasteiger partial charge < -0.3 is 10.1 Å². The van der Waals surface area contributed by atoms with E-state index in [1.165, 1.54) is 24.3 Å². The maximum atomic E-state index is 12.9. The van der Waals surface area contributed by atoms with Gasteiger partial charge in [0.25, 0.3) is 0 Å². The summed E-state index contributed by atoms with van der Waals surface area (Å²) < 4.78 is 44.4. The number of rotatable bonds is 9. The van der Waals surface area contributed by atoms with Crippen LogP contribution in [0, 0.1) is 19.7 Å². The van der Waals surface area contributed by atoms with E-state index in [2.05, 4.69) is 5.32 Å². The highest BCUT2D eigenvalue weighted by Crippen LogP contribution is 2.25. The van der Waals surface area contributed by atoms with Crippen LogP contribution < -0.4 is 14.4 Å². The Labute approximate surface area is 171 Å². The number of anilines is 1. The van der Waals surface area contributed by atoms with Crippen molar-refractivity contribution >= 4 is 21.6 Å². The van der Waals surface area contributed by atoms with Gasteiger partial charge in [-0.15, -0.1) is 0 Å². The van der Waals surface area contributed by atoms with E-state index in [9.17, 15) is 17.6 Å². The molecule has 158 valence electrons. The smallest absolute Gasteiger partial charge is 0.244 e. The molecule has 0 saturated carbocycles. The number of nitrogens with one attached hydrogen (secondary N) is 1. The summed E-state index contributed by atoms with van der Waals surface area (Å²) in [5, 5.41) is 2.72. The summed E-state index contributed by atoms with van der Waals surface area (Å²) in [7, 11) is -3.68. The van der Waals surface area contributed by atoms with Crippen molar-refractivity contribution in [2.75, 3.05) is 23.7 Å². The van der Waals surface area contributed by atoms with Gasteiger partial charge in [-0.1, -0.05) is 13.0 Å². The molecular formula is C21H27FN2O4S. The molecule has 0 fully saturated rings. The van der Waals surface area contributed by atoms with Crippen molar-refractivity contribution in [2.24, 2.45) is 0 Å². The second-order valence-corrected chi connectivity index (χ2v) is 8.70. The molecule has 2 aromatic rings. The molecule has 1 atom stereocenters. The van der Waals surface area contributed by atoms with Gasteiger partial charge in [0.15, 0.2) is 0 Å². The van der Waals surface area contributed by atoms with Crippen LogP contribution in [0.15, 0.2) is 42.5 Å². The van der Waals surface area contributed by atoms with E-state index in [-0.39, 0.29) is 19.0 Å². The number of benzene rings is 2. The summed E-state index contributed by atoms with van der Waals surface area (Å²) in [6.07, 6.45) is 1.40. The number of ether oxygens (including phenoxy) is 1. The predicted octanol–water partition coefficient (Wildman–Crippen LogP) is 3.18. The van der Waals surface area contributed by atoms with E-state index >= 15 is 0 Å². The molecule has 0 heterocycles. The van der Waals surface area contributed by atoms with Gasteiger partial charge in [-0.3, -0.25) is 9.10 Å². The third-order valence-electron chi connectivity index (χ3n) is 4.56. The average molecular weight is 423 g/mol. The maximum Gasteiger partial charge on any atom is 0.244 e. The van der Waals surface area contributed by atoms with E-state index in [0.717, 1.165) is 21.7 Å². The first kappa shape index (κ1) is 22.7. The monoisotopic (exact) mass is 422 g/mol. The van der Waals surface area contributed by atoms with Crippen LogP contribution in [0.4, 0.5) is 10.1 Å². The Bertz CT molecular complexity index is 946. The molecule has 0 bridgehead atoms. The minimum absolute atomic E-state index is 0.177. The molecule has 29 heavy (non-hydrogen) atoms. The molecule has 0 aliphatic rings. The zero-order valence-corrected chi connectivity index (χ0v) is 17.9. The molecule has 2 rings (SSSR count). The summed E-state index contributed by atoms with van der Waals surface area (Å²) in [5.74, 6) is -0.275. The largest absolute Gasteiger partial charge is 0.492 e. The lowest BCUT2D eigenvalue weighted by Crippen LogP contribution is -2.50. The SMILES string of the molecule is CC[C@H](C(=O)NCCOc1ccc(F)cc1)N(c1ccc(C)c(C)c1)S(C)(=O)=O. The lowest BCUT2D eigenvalue weighted by molar-refractivity contribution is -0.122. The highest BCUT2D eigenvalue weighted by molar-refractivity contribution is 7.92. The first-order valence-corrected chi connectivity index (χ1v) is 11.2. The minimum Gasteiger partial charge on any atom is -0.492 e. The fraction of sp³-hybridized carbons (Fsp3) is 0.381. The summed E-state index contributed by atoms with van der Waals surface area (Å²) in [5.41, 5.74) is 2.44. The molecule has 0 radical (unpaired) electrons. The van der Waals surface area contributed by atoms with Crippen molar-refractivity contribution in [1.82, 2.24) is 5.32 Å².